The second kappa shape index (κ2) is 4.89. The summed E-state index contributed by atoms with van der Waals surface area (Å²) in [5.74, 6) is -0.964. The van der Waals surface area contributed by atoms with Crippen LogP contribution in [0.1, 0.15) is 10.4 Å². The van der Waals surface area contributed by atoms with Gasteiger partial charge in [0.2, 0.25) is 0 Å². The topological polar surface area (TPSA) is 63.1 Å². The highest BCUT2D eigenvalue weighted by Gasteiger charge is 2.16. The van der Waals surface area contributed by atoms with Crippen LogP contribution in [0.15, 0.2) is 66.7 Å². The molecule has 0 saturated carbocycles. The van der Waals surface area contributed by atoms with Crippen LogP contribution in [0.2, 0.25) is 0 Å². The van der Waals surface area contributed by atoms with Crippen LogP contribution in [0, 0.1) is 0 Å². The summed E-state index contributed by atoms with van der Waals surface area (Å²) in [6.45, 7) is 0. The molecule has 0 bridgehead atoms. The summed E-state index contributed by atoms with van der Waals surface area (Å²) in [5.41, 5.74) is 3.16. The average molecular weight is 348 g/mol. The molecule has 6 aromatic rings. The van der Waals surface area contributed by atoms with Gasteiger partial charge in [0.1, 0.15) is 0 Å². The Morgan fingerprint density at radius 2 is 1.30 bits per heavy atom. The minimum atomic E-state index is -0.964. The van der Waals surface area contributed by atoms with Crippen LogP contribution in [0.3, 0.4) is 0 Å². The number of carboxylic acids is 1. The Bertz CT molecular complexity index is 1550. The summed E-state index contributed by atoms with van der Waals surface area (Å²) in [7, 11) is 0. The minimum Gasteiger partial charge on any atom is -0.478 e. The quantitative estimate of drug-likeness (QED) is 0.320. The zero-order valence-corrected chi connectivity index (χ0v) is 14.1. The van der Waals surface area contributed by atoms with Gasteiger partial charge in [-0.15, -0.1) is 0 Å². The zero-order chi connectivity index (χ0) is 18.1. The van der Waals surface area contributed by atoms with Crippen molar-refractivity contribution in [2.45, 2.75) is 0 Å². The number of carboxylic acid groups (broad SMARTS) is 1. The third kappa shape index (κ3) is 1.84. The van der Waals surface area contributed by atoms with Crippen molar-refractivity contribution in [1.82, 2.24) is 9.97 Å². The Kier molecular flexibility index (Phi) is 2.60. The van der Waals surface area contributed by atoms with Gasteiger partial charge < -0.3 is 5.11 Å². The molecule has 0 fully saturated rings. The Morgan fingerprint density at radius 3 is 1.89 bits per heavy atom. The molecule has 6 rings (SSSR count). The van der Waals surface area contributed by atoms with Crippen molar-refractivity contribution in [3.05, 3.63) is 72.3 Å². The van der Waals surface area contributed by atoms with E-state index in [1.165, 1.54) is 21.5 Å². The van der Waals surface area contributed by atoms with Crippen molar-refractivity contribution >= 4 is 60.4 Å². The summed E-state index contributed by atoms with van der Waals surface area (Å²) in [4.78, 5) is 21.0. The van der Waals surface area contributed by atoms with Gasteiger partial charge in [-0.3, -0.25) is 0 Å². The zero-order valence-electron chi connectivity index (χ0n) is 14.1. The Morgan fingerprint density at radius 1 is 0.704 bits per heavy atom. The van der Waals surface area contributed by atoms with E-state index in [9.17, 15) is 9.90 Å². The molecule has 0 saturated heterocycles. The highest BCUT2D eigenvalue weighted by molar-refractivity contribution is 6.32. The van der Waals surface area contributed by atoms with Gasteiger partial charge in [0, 0.05) is 10.8 Å². The molecular weight excluding hydrogens is 336 g/mol. The van der Waals surface area contributed by atoms with E-state index in [4.69, 9.17) is 9.97 Å². The van der Waals surface area contributed by atoms with Crippen molar-refractivity contribution in [3.8, 4) is 0 Å². The molecule has 126 valence electrons. The van der Waals surface area contributed by atoms with Gasteiger partial charge in [-0.1, -0.05) is 48.5 Å². The monoisotopic (exact) mass is 348 g/mol. The maximum Gasteiger partial charge on any atom is 0.335 e. The second-order valence-electron chi connectivity index (χ2n) is 6.80. The lowest BCUT2D eigenvalue weighted by Gasteiger charge is -2.14. The second-order valence-corrected chi connectivity index (χ2v) is 6.80. The molecule has 0 spiro atoms. The number of aromatic nitrogens is 2. The fraction of sp³-hybridized carbons (Fsp3) is 0. The van der Waals surface area contributed by atoms with Gasteiger partial charge >= 0.3 is 5.97 Å². The highest BCUT2D eigenvalue weighted by atomic mass is 16.4. The molecule has 0 aliphatic carbocycles. The Balaban J connectivity index is 1.92. The third-order valence-corrected chi connectivity index (χ3v) is 5.31. The molecule has 4 nitrogen and oxygen atoms in total. The van der Waals surface area contributed by atoms with E-state index in [0.717, 1.165) is 21.8 Å². The molecule has 0 amide bonds. The minimum absolute atomic E-state index is 0.216. The van der Waals surface area contributed by atoms with E-state index < -0.39 is 5.97 Å². The van der Waals surface area contributed by atoms with Crippen molar-refractivity contribution in [3.63, 3.8) is 0 Å². The number of hydrogen-bond acceptors (Lipinski definition) is 3. The summed E-state index contributed by atoms with van der Waals surface area (Å²) in [5, 5.41) is 16.1. The molecule has 0 atom stereocenters. The van der Waals surface area contributed by atoms with Crippen LogP contribution in [0.4, 0.5) is 0 Å². The summed E-state index contributed by atoms with van der Waals surface area (Å²) < 4.78 is 0. The molecule has 4 heteroatoms. The van der Waals surface area contributed by atoms with Gasteiger partial charge in [0.05, 0.1) is 27.6 Å². The molecule has 1 aromatic heterocycles. The van der Waals surface area contributed by atoms with Crippen LogP contribution in [0.25, 0.3) is 54.4 Å². The van der Waals surface area contributed by atoms with Crippen molar-refractivity contribution in [2.75, 3.05) is 0 Å². The van der Waals surface area contributed by atoms with Crippen LogP contribution in [-0.4, -0.2) is 21.0 Å². The lowest BCUT2D eigenvalue weighted by atomic mass is 9.93. The molecule has 0 unspecified atom stereocenters. The van der Waals surface area contributed by atoms with E-state index in [0.29, 0.717) is 11.0 Å². The first-order chi connectivity index (χ1) is 13.2. The third-order valence-electron chi connectivity index (χ3n) is 5.31. The van der Waals surface area contributed by atoms with Crippen molar-refractivity contribution < 1.29 is 9.90 Å². The summed E-state index contributed by atoms with van der Waals surface area (Å²) in [6.07, 6.45) is 0. The van der Waals surface area contributed by atoms with Crippen molar-refractivity contribution in [2.24, 2.45) is 0 Å². The highest BCUT2D eigenvalue weighted by Crippen LogP contribution is 2.39. The standard InChI is InChI=1S/C23H12N2O2/c26-23(27)14-9-10-17-18(11-14)25-22-16-6-2-4-13-8-7-12-3-1-5-15(21(22)24-17)19(12)20(13)16/h1-11H,(H,26,27). The number of hydrogen-bond donors (Lipinski definition) is 1. The normalized spacial score (nSPS) is 12.0. The fourth-order valence-corrected chi connectivity index (χ4v) is 4.11. The lowest BCUT2D eigenvalue weighted by Crippen LogP contribution is -1.98. The van der Waals surface area contributed by atoms with Crippen LogP contribution < -0.4 is 0 Å². The van der Waals surface area contributed by atoms with E-state index >= 15 is 0 Å². The molecule has 27 heavy (non-hydrogen) atoms. The average Bonchev–Trinajstić information content (AvgIpc) is 2.71. The number of benzene rings is 5. The smallest absolute Gasteiger partial charge is 0.335 e. The number of carbonyl (C=O) groups is 1. The van der Waals surface area contributed by atoms with Crippen LogP contribution in [0.5, 0.6) is 0 Å². The molecular formula is C23H12N2O2. The first-order valence-corrected chi connectivity index (χ1v) is 8.71. The van der Waals surface area contributed by atoms with Gasteiger partial charge in [-0.25, -0.2) is 14.8 Å². The molecule has 1 heterocycles. The number of fused-ring (bicyclic) bond motifs is 4. The number of nitrogens with zero attached hydrogens (tertiary/aromatic N) is 2. The van der Waals surface area contributed by atoms with E-state index in [2.05, 4.69) is 36.4 Å². The van der Waals surface area contributed by atoms with Crippen LogP contribution >= 0.6 is 0 Å². The molecule has 5 aromatic carbocycles. The largest absolute Gasteiger partial charge is 0.478 e. The maximum atomic E-state index is 11.3. The van der Waals surface area contributed by atoms with Gasteiger partial charge in [0.25, 0.3) is 0 Å². The predicted octanol–water partition coefficient (Wildman–Crippen LogP) is 5.38. The summed E-state index contributed by atoms with van der Waals surface area (Å²) in [6, 6.07) is 21.6. The SMILES string of the molecule is O=C(O)c1ccc2nc3c4cccc5ccc6cccc(c3nc2c1)c6c54. The lowest BCUT2D eigenvalue weighted by molar-refractivity contribution is 0.0697. The first-order valence-electron chi connectivity index (χ1n) is 8.71. The van der Waals surface area contributed by atoms with Gasteiger partial charge in [-0.05, 0) is 39.7 Å². The van der Waals surface area contributed by atoms with E-state index in [1.807, 2.05) is 12.1 Å². The van der Waals surface area contributed by atoms with E-state index in [1.54, 1.807) is 18.2 Å². The Labute approximate surface area is 153 Å². The molecule has 0 aliphatic heterocycles. The molecule has 1 N–H and O–H groups in total. The van der Waals surface area contributed by atoms with Gasteiger partial charge in [0.15, 0.2) is 0 Å². The fourth-order valence-electron chi connectivity index (χ4n) is 4.11. The maximum absolute atomic E-state index is 11.3. The summed E-state index contributed by atoms with van der Waals surface area (Å²) >= 11 is 0. The first kappa shape index (κ1) is 14.4. The number of aromatic carboxylic acids is 1. The molecule has 0 radical (unpaired) electrons. The Hall–Kier alpha value is -3.79. The number of rotatable bonds is 1. The van der Waals surface area contributed by atoms with Crippen LogP contribution in [-0.2, 0) is 0 Å². The van der Waals surface area contributed by atoms with E-state index in [-0.39, 0.29) is 5.56 Å². The van der Waals surface area contributed by atoms with Crippen molar-refractivity contribution in [1.29, 1.82) is 0 Å². The predicted molar refractivity (Wildman–Crippen MR) is 108 cm³/mol. The van der Waals surface area contributed by atoms with Gasteiger partial charge in [-0.2, -0.15) is 0 Å². The molecule has 0 aliphatic rings.